The lowest BCUT2D eigenvalue weighted by molar-refractivity contribution is -0.134. The molecule has 0 heterocycles. The highest BCUT2D eigenvalue weighted by Gasteiger charge is 1.65. The van der Waals surface area contributed by atoms with Gasteiger partial charge in [0.2, 0.25) is 0 Å². The van der Waals surface area contributed by atoms with Gasteiger partial charge in [0.25, 0.3) is 5.97 Å². The third-order valence-electron chi connectivity index (χ3n) is 0. The van der Waals surface area contributed by atoms with Gasteiger partial charge in [0.05, 0.1) is 6.07 Å². The van der Waals surface area contributed by atoms with E-state index in [2.05, 4.69) is 0 Å². The van der Waals surface area contributed by atoms with Crippen molar-refractivity contribution in [3.8, 4) is 6.07 Å². The summed E-state index contributed by atoms with van der Waals surface area (Å²) in [5.74, 6) is -0.833. The Bertz CT molecular complexity index is 82.3. The number of rotatable bonds is 0. The molecule has 0 aromatic rings. The molecule has 0 rings (SSSR count). The molecular formula is C4H12N2O3. The van der Waals surface area contributed by atoms with E-state index in [4.69, 9.17) is 15.2 Å². The second-order valence-corrected chi connectivity index (χ2v) is 0.743. The van der Waals surface area contributed by atoms with E-state index in [1.165, 1.54) is 6.92 Å². The van der Waals surface area contributed by atoms with Crippen molar-refractivity contribution in [2.24, 2.45) is 0 Å². The van der Waals surface area contributed by atoms with Gasteiger partial charge in [-0.2, -0.15) is 5.26 Å². The Morgan fingerprint density at radius 2 is 1.67 bits per heavy atom. The molecule has 0 aliphatic rings. The van der Waals surface area contributed by atoms with Crippen molar-refractivity contribution in [3.05, 3.63) is 0 Å². The average molecular weight is 136 g/mol. The van der Waals surface area contributed by atoms with Crippen LogP contribution in [-0.2, 0) is 4.79 Å². The van der Waals surface area contributed by atoms with Crippen LogP contribution in [0.2, 0.25) is 0 Å². The number of nitriles is 1. The fourth-order valence-electron chi connectivity index (χ4n) is 0. The predicted molar refractivity (Wildman–Crippen MR) is 33.2 cm³/mol. The lowest BCUT2D eigenvalue weighted by Gasteiger charge is -1.59. The van der Waals surface area contributed by atoms with E-state index in [0.29, 0.717) is 0 Å². The Kier molecular flexibility index (Phi) is 79.0. The molecule has 6 N–H and O–H groups in total. The van der Waals surface area contributed by atoms with Crippen LogP contribution in [0.4, 0.5) is 0 Å². The van der Waals surface area contributed by atoms with Crippen LogP contribution in [0.5, 0.6) is 0 Å². The highest BCUT2D eigenvalue weighted by Crippen LogP contribution is 1.42. The van der Waals surface area contributed by atoms with Crippen LogP contribution >= 0.6 is 0 Å². The molecule has 9 heavy (non-hydrogen) atoms. The second kappa shape index (κ2) is 28.7. The zero-order valence-corrected chi connectivity index (χ0v) is 5.51. The third-order valence-corrected chi connectivity index (χ3v) is 0. The van der Waals surface area contributed by atoms with Crippen molar-refractivity contribution in [1.82, 2.24) is 6.15 Å². The van der Waals surface area contributed by atoms with Crippen LogP contribution in [0.3, 0.4) is 0 Å². The minimum absolute atomic E-state index is 0. The topological polar surface area (TPSA) is 128 Å². The van der Waals surface area contributed by atoms with Crippen molar-refractivity contribution in [2.75, 3.05) is 0 Å². The highest BCUT2D eigenvalue weighted by molar-refractivity contribution is 5.62. The van der Waals surface area contributed by atoms with Crippen molar-refractivity contribution < 1.29 is 15.4 Å². The van der Waals surface area contributed by atoms with Gasteiger partial charge in [-0.15, -0.1) is 0 Å². The molecule has 0 aliphatic heterocycles. The van der Waals surface area contributed by atoms with Crippen molar-refractivity contribution in [1.29, 1.82) is 5.26 Å². The lowest BCUT2D eigenvalue weighted by atomic mass is 10.9. The molecule has 0 aromatic carbocycles. The van der Waals surface area contributed by atoms with E-state index in [0.717, 1.165) is 6.92 Å². The molecule has 0 aromatic heterocycles. The summed E-state index contributed by atoms with van der Waals surface area (Å²) < 4.78 is 0. The number of hydrogen-bond donors (Lipinski definition) is 2. The minimum atomic E-state index is -0.833. The van der Waals surface area contributed by atoms with Gasteiger partial charge in [-0.1, -0.05) is 0 Å². The Balaban J connectivity index is -0.0000000233. The van der Waals surface area contributed by atoms with Gasteiger partial charge in [0.1, 0.15) is 0 Å². The fourth-order valence-corrected chi connectivity index (χ4v) is 0. The summed E-state index contributed by atoms with van der Waals surface area (Å²) in [5.41, 5.74) is 0. The van der Waals surface area contributed by atoms with Crippen LogP contribution in [0, 0.1) is 11.3 Å². The Morgan fingerprint density at radius 3 is 1.67 bits per heavy atom. The molecule has 0 atom stereocenters. The maximum Gasteiger partial charge on any atom is 0.300 e. The number of carbonyl (C=O) groups is 1. The molecule has 5 heteroatoms. The predicted octanol–water partition coefficient (Wildman–Crippen LogP) is -0.0419. The normalized spacial score (nSPS) is 3.67. The quantitative estimate of drug-likeness (QED) is 0.484. The summed E-state index contributed by atoms with van der Waals surface area (Å²) in [4.78, 5) is 9.00. The van der Waals surface area contributed by atoms with Crippen molar-refractivity contribution in [3.63, 3.8) is 0 Å². The second-order valence-electron chi connectivity index (χ2n) is 0.743. The van der Waals surface area contributed by atoms with E-state index in [9.17, 15) is 0 Å². The monoisotopic (exact) mass is 136 g/mol. The maximum atomic E-state index is 9.00. The minimum Gasteiger partial charge on any atom is -0.481 e. The molecule has 0 saturated heterocycles. The maximum absolute atomic E-state index is 9.00. The van der Waals surface area contributed by atoms with Gasteiger partial charge < -0.3 is 16.7 Å². The first-order valence-electron chi connectivity index (χ1n) is 1.65. The van der Waals surface area contributed by atoms with Crippen LogP contribution < -0.4 is 6.15 Å². The smallest absolute Gasteiger partial charge is 0.300 e. The number of aliphatic carboxylic acids is 1. The summed E-state index contributed by atoms with van der Waals surface area (Å²) in [6.07, 6.45) is 0. The van der Waals surface area contributed by atoms with Gasteiger partial charge in [-0.05, 0) is 0 Å². The largest absolute Gasteiger partial charge is 0.481 e. The van der Waals surface area contributed by atoms with Crippen molar-refractivity contribution in [2.45, 2.75) is 13.8 Å². The van der Waals surface area contributed by atoms with E-state index in [-0.39, 0.29) is 11.6 Å². The molecule has 0 spiro atoms. The van der Waals surface area contributed by atoms with Crippen molar-refractivity contribution >= 4 is 5.97 Å². The summed E-state index contributed by atoms with van der Waals surface area (Å²) in [7, 11) is 0. The zero-order chi connectivity index (χ0) is 6.28. The molecule has 56 valence electrons. The molecule has 0 aliphatic carbocycles. The molecule has 0 saturated carbocycles. The zero-order valence-electron chi connectivity index (χ0n) is 5.51. The van der Waals surface area contributed by atoms with Gasteiger partial charge in [-0.25, -0.2) is 0 Å². The van der Waals surface area contributed by atoms with Gasteiger partial charge in [-0.3, -0.25) is 4.79 Å². The molecule has 5 nitrogen and oxygen atoms in total. The third kappa shape index (κ3) is 131. The van der Waals surface area contributed by atoms with Crippen LogP contribution in [0.1, 0.15) is 13.8 Å². The molecule has 0 amide bonds. The average Bonchev–Trinajstić information content (AvgIpc) is 1.33. The Labute approximate surface area is 53.8 Å². The van der Waals surface area contributed by atoms with E-state index in [1.807, 2.05) is 0 Å². The van der Waals surface area contributed by atoms with Crippen LogP contribution in [-0.4, -0.2) is 16.6 Å². The molecule has 0 radical (unpaired) electrons. The van der Waals surface area contributed by atoms with Gasteiger partial charge in [0.15, 0.2) is 0 Å². The number of hydrogen-bond acceptors (Lipinski definition) is 3. The summed E-state index contributed by atoms with van der Waals surface area (Å²) in [5, 5.41) is 14.7. The fraction of sp³-hybridized carbons (Fsp3) is 0.500. The molecule has 0 unspecified atom stereocenters. The number of carboxylic acid groups (broad SMARTS) is 1. The Morgan fingerprint density at radius 1 is 1.67 bits per heavy atom. The number of carboxylic acids is 1. The first-order valence-corrected chi connectivity index (χ1v) is 1.65. The van der Waals surface area contributed by atoms with Gasteiger partial charge in [0, 0.05) is 13.8 Å². The standard InChI is InChI=1S/C2H3N.C2H4O2.H3N.H2O/c1-2-3;1-2(3)4;;/h1H3;1H3,(H,3,4);1H3;1H2. The summed E-state index contributed by atoms with van der Waals surface area (Å²) >= 11 is 0. The summed E-state index contributed by atoms with van der Waals surface area (Å²) in [6, 6.07) is 1.75. The van der Waals surface area contributed by atoms with Gasteiger partial charge >= 0.3 is 0 Å². The van der Waals surface area contributed by atoms with E-state index >= 15 is 0 Å². The Hall–Kier alpha value is -1.12. The number of nitrogens with zero attached hydrogens (tertiary/aromatic N) is 1. The van der Waals surface area contributed by atoms with E-state index in [1.54, 1.807) is 6.07 Å². The van der Waals surface area contributed by atoms with E-state index < -0.39 is 5.97 Å². The molecule has 0 bridgehead atoms. The first-order chi connectivity index (χ1) is 3.15. The van der Waals surface area contributed by atoms with Crippen LogP contribution in [0.15, 0.2) is 0 Å². The van der Waals surface area contributed by atoms with Crippen LogP contribution in [0.25, 0.3) is 0 Å². The first kappa shape index (κ1) is 24.8. The SMILES string of the molecule is CC#N.CC(=O)O.N.O. The highest BCUT2D eigenvalue weighted by atomic mass is 16.4. The molecule has 0 fully saturated rings. The summed E-state index contributed by atoms with van der Waals surface area (Å²) in [6.45, 7) is 2.51. The lowest BCUT2D eigenvalue weighted by Crippen LogP contribution is -1.78. The molecular weight excluding hydrogens is 124 g/mol.